The summed E-state index contributed by atoms with van der Waals surface area (Å²) in [5, 5.41) is 42.4. The van der Waals surface area contributed by atoms with E-state index in [1.54, 1.807) is 0 Å². The number of aromatic hydroxyl groups is 1. The molecular formula is C19H20N3O9+. The first-order valence-corrected chi connectivity index (χ1v) is 9.72. The number of nitrogens with one attached hydrogen (secondary N) is 1. The Morgan fingerprint density at radius 2 is 1.87 bits per heavy atom. The Bertz CT molecular complexity index is 1040. The number of hydrogen-bond donors (Lipinski definition) is 4. The third-order valence-electron chi connectivity index (χ3n) is 6.97. The maximum atomic E-state index is 13.0. The van der Waals surface area contributed by atoms with E-state index in [9.17, 15) is 44.6 Å². The van der Waals surface area contributed by atoms with Gasteiger partial charge in [0.15, 0.2) is 6.17 Å². The second-order valence-corrected chi connectivity index (χ2v) is 8.25. The molecule has 1 aliphatic carbocycles. The number of hydrogen-bond acceptors (Lipinski definition) is 7. The zero-order valence-corrected chi connectivity index (χ0v) is 16.2. The number of phenols is 1. The minimum atomic E-state index is -1.46. The van der Waals surface area contributed by atoms with E-state index in [0.29, 0.717) is 6.42 Å². The van der Waals surface area contributed by atoms with Gasteiger partial charge < -0.3 is 20.6 Å². The average Bonchev–Trinajstić information content (AvgIpc) is 3.23. The zero-order valence-electron chi connectivity index (χ0n) is 16.2. The van der Waals surface area contributed by atoms with Gasteiger partial charge in [-0.2, -0.15) is 0 Å². The Labute approximate surface area is 174 Å². The van der Waals surface area contributed by atoms with Gasteiger partial charge in [-0.05, 0) is 24.6 Å². The number of phenolic OH excluding ortho intramolecular Hbond substituents is 1. The van der Waals surface area contributed by atoms with Gasteiger partial charge in [0, 0.05) is 11.3 Å². The number of carbonyl (C=O) groups is 4. The van der Waals surface area contributed by atoms with Crippen LogP contribution in [0.1, 0.15) is 46.4 Å². The Morgan fingerprint density at radius 1 is 1.16 bits per heavy atom. The molecule has 5 atom stereocenters. The number of aliphatic carboxylic acids is 1. The molecule has 164 valence electrons. The number of carboxylic acid groups (broad SMARTS) is 2. The lowest BCUT2D eigenvalue weighted by Crippen LogP contribution is -2.66. The van der Waals surface area contributed by atoms with E-state index in [2.05, 4.69) is 5.32 Å². The van der Waals surface area contributed by atoms with Gasteiger partial charge in [0.1, 0.15) is 11.7 Å². The van der Waals surface area contributed by atoms with Gasteiger partial charge in [-0.1, -0.05) is 0 Å². The molecule has 4 N–H and O–H groups in total. The molecule has 31 heavy (non-hydrogen) atoms. The highest BCUT2D eigenvalue weighted by Crippen LogP contribution is 2.62. The third-order valence-corrected chi connectivity index (χ3v) is 6.97. The van der Waals surface area contributed by atoms with Gasteiger partial charge in [0.2, 0.25) is 11.6 Å². The van der Waals surface area contributed by atoms with E-state index >= 15 is 0 Å². The molecule has 2 aliphatic heterocycles. The predicted octanol–water partition coefficient (Wildman–Crippen LogP) is 0.176. The largest absolute Gasteiger partial charge is 0.508 e. The van der Waals surface area contributed by atoms with Crippen LogP contribution in [0.25, 0.3) is 0 Å². The first-order chi connectivity index (χ1) is 14.6. The van der Waals surface area contributed by atoms with E-state index in [4.69, 9.17) is 0 Å². The van der Waals surface area contributed by atoms with Crippen LogP contribution in [0, 0.1) is 16.0 Å². The Kier molecular flexibility index (Phi) is 4.50. The summed E-state index contributed by atoms with van der Waals surface area (Å²) < 4.78 is -0.361. The minimum absolute atomic E-state index is 0.00545. The Morgan fingerprint density at radius 3 is 2.42 bits per heavy atom. The Balaban J connectivity index is 1.62. The van der Waals surface area contributed by atoms with Gasteiger partial charge in [-0.15, -0.1) is 0 Å². The normalized spacial score (nSPS) is 33.5. The maximum absolute atomic E-state index is 13.0. The molecule has 0 aromatic heterocycles. The Hall–Kier alpha value is -3.54. The molecule has 12 nitrogen and oxygen atoms in total. The topological polar surface area (TPSA) is 184 Å². The van der Waals surface area contributed by atoms with Crippen LogP contribution in [0.3, 0.4) is 0 Å². The number of fused-ring (bicyclic) bond motifs is 1. The van der Waals surface area contributed by atoms with Crippen LogP contribution in [-0.4, -0.2) is 72.8 Å². The van der Waals surface area contributed by atoms with Crippen molar-refractivity contribution >= 4 is 23.8 Å². The number of nitro groups is 1. The number of nitrogens with zero attached hydrogens (tertiary/aromatic N) is 2. The number of carboxylic acids is 2. The lowest BCUT2D eigenvalue weighted by atomic mass is 9.75. The van der Waals surface area contributed by atoms with Crippen molar-refractivity contribution in [1.29, 1.82) is 0 Å². The number of aromatic carboxylic acids is 1. The highest BCUT2D eigenvalue weighted by molar-refractivity contribution is 6.05. The molecule has 0 bridgehead atoms. The lowest BCUT2D eigenvalue weighted by molar-refractivity contribution is -0.875. The van der Waals surface area contributed by atoms with Crippen molar-refractivity contribution in [2.75, 3.05) is 6.54 Å². The second kappa shape index (κ2) is 6.74. The van der Waals surface area contributed by atoms with Crippen molar-refractivity contribution in [3.8, 4) is 5.75 Å². The van der Waals surface area contributed by atoms with Crippen LogP contribution in [0.5, 0.6) is 5.75 Å². The van der Waals surface area contributed by atoms with Crippen LogP contribution in [-0.2, 0) is 9.59 Å². The molecule has 5 unspecified atom stereocenters. The van der Waals surface area contributed by atoms with Gasteiger partial charge in [0.25, 0.3) is 5.91 Å². The van der Waals surface area contributed by atoms with E-state index in [-0.39, 0.29) is 41.6 Å². The summed E-state index contributed by atoms with van der Waals surface area (Å²) in [4.78, 5) is 59.9. The van der Waals surface area contributed by atoms with Crippen LogP contribution in [0.4, 0.5) is 0 Å². The van der Waals surface area contributed by atoms with Crippen molar-refractivity contribution in [1.82, 2.24) is 5.32 Å². The monoisotopic (exact) mass is 434 g/mol. The average molecular weight is 434 g/mol. The highest BCUT2D eigenvalue weighted by Gasteiger charge is 2.91. The molecule has 3 fully saturated rings. The summed E-state index contributed by atoms with van der Waals surface area (Å²) >= 11 is 0. The summed E-state index contributed by atoms with van der Waals surface area (Å²) in [7, 11) is 0. The predicted molar refractivity (Wildman–Crippen MR) is 99.6 cm³/mol. The summed E-state index contributed by atoms with van der Waals surface area (Å²) in [6.07, 6.45) is -0.612. The molecule has 1 aromatic carbocycles. The van der Waals surface area contributed by atoms with Gasteiger partial charge >= 0.3 is 17.8 Å². The fourth-order valence-electron chi connectivity index (χ4n) is 5.40. The van der Waals surface area contributed by atoms with Crippen molar-refractivity contribution < 1.29 is 43.9 Å². The van der Waals surface area contributed by atoms with Gasteiger partial charge in [0.05, 0.1) is 30.5 Å². The van der Waals surface area contributed by atoms with E-state index < -0.39 is 57.9 Å². The van der Waals surface area contributed by atoms with Crippen molar-refractivity contribution in [2.24, 2.45) is 5.92 Å². The number of benzene rings is 1. The number of quaternary nitrogens is 1. The van der Waals surface area contributed by atoms with Gasteiger partial charge in [-0.25, -0.2) is 14.1 Å². The molecule has 3 aliphatic rings. The molecule has 1 saturated carbocycles. The van der Waals surface area contributed by atoms with E-state index in [1.807, 2.05) is 0 Å². The SMILES string of the molecule is O=C(O)c1cc(O)ccc1C(=O)NC1CC[N+]12C(=O)C21CC([N+](=O)[O-])CCC1C(=O)O. The smallest absolute Gasteiger partial charge is 0.379 e. The molecule has 2 spiro atoms. The van der Waals surface area contributed by atoms with Crippen LogP contribution in [0.2, 0.25) is 0 Å². The van der Waals surface area contributed by atoms with Crippen molar-refractivity contribution in [3.05, 3.63) is 39.4 Å². The number of carbonyl (C=O) groups excluding carboxylic acids is 2. The first kappa shape index (κ1) is 20.7. The van der Waals surface area contributed by atoms with Crippen LogP contribution < -0.4 is 5.32 Å². The van der Waals surface area contributed by atoms with Crippen molar-refractivity contribution in [2.45, 2.75) is 43.4 Å². The highest BCUT2D eigenvalue weighted by atomic mass is 16.6. The standard InChI is InChI=1S/C19H19N3O9/c23-10-2-3-11(12(7-10)16(25)26)15(24)20-14-5-6-22(14)18(29)19(22)8-9(21(30)31)1-4-13(19)17(27)28/h2-3,7,9,13-14H,1,4-6,8H2,(H3-,20,23,24,25,26,27,28)/p+1. The second-order valence-electron chi connectivity index (χ2n) is 8.25. The molecule has 4 rings (SSSR count). The quantitative estimate of drug-likeness (QED) is 0.217. The van der Waals surface area contributed by atoms with Crippen molar-refractivity contribution in [3.63, 3.8) is 0 Å². The van der Waals surface area contributed by atoms with E-state index in [1.165, 1.54) is 0 Å². The summed E-state index contributed by atoms with van der Waals surface area (Å²) in [6, 6.07) is 2.18. The number of amides is 2. The molecule has 2 amide bonds. The summed E-state index contributed by atoms with van der Waals surface area (Å²) in [5.74, 6) is -5.27. The van der Waals surface area contributed by atoms with Gasteiger partial charge in [-0.3, -0.25) is 19.7 Å². The molecule has 2 heterocycles. The zero-order chi connectivity index (χ0) is 22.7. The third kappa shape index (κ3) is 2.71. The number of rotatable bonds is 5. The van der Waals surface area contributed by atoms with Crippen LogP contribution >= 0.6 is 0 Å². The molecule has 2 saturated heterocycles. The fourth-order valence-corrected chi connectivity index (χ4v) is 5.40. The maximum Gasteiger partial charge on any atom is 0.379 e. The summed E-state index contributed by atoms with van der Waals surface area (Å²) in [5.41, 5.74) is -2.10. The van der Waals surface area contributed by atoms with E-state index in [0.717, 1.165) is 18.2 Å². The fraction of sp³-hybridized carbons (Fsp3) is 0.474. The molecule has 1 aromatic rings. The summed E-state index contributed by atoms with van der Waals surface area (Å²) in [6.45, 7) is 0.249. The minimum Gasteiger partial charge on any atom is -0.508 e. The van der Waals surface area contributed by atoms with Crippen LogP contribution in [0.15, 0.2) is 18.2 Å². The molecular weight excluding hydrogens is 414 g/mol. The molecule has 0 radical (unpaired) electrons. The lowest BCUT2D eigenvalue weighted by Gasteiger charge is -2.42. The first-order valence-electron chi connectivity index (χ1n) is 9.72. The molecule has 12 heteroatoms.